The lowest BCUT2D eigenvalue weighted by Crippen LogP contribution is -2.00. The van der Waals surface area contributed by atoms with Crippen LogP contribution in [-0.2, 0) is 18.0 Å². The van der Waals surface area contributed by atoms with E-state index in [0.29, 0.717) is 35.1 Å². The summed E-state index contributed by atoms with van der Waals surface area (Å²) in [6, 6.07) is 12.7. The van der Waals surface area contributed by atoms with Crippen molar-refractivity contribution in [3.05, 3.63) is 69.9 Å². The lowest BCUT2D eigenvalue weighted by atomic mass is 10.0. The zero-order valence-corrected chi connectivity index (χ0v) is 11.8. The van der Waals surface area contributed by atoms with Gasteiger partial charge < -0.3 is 9.15 Å². The van der Waals surface area contributed by atoms with E-state index in [4.69, 9.17) is 20.8 Å². The van der Waals surface area contributed by atoms with Crippen molar-refractivity contribution in [1.82, 2.24) is 0 Å². The molecule has 0 saturated heterocycles. The number of fused-ring (bicyclic) bond motifs is 2. The summed E-state index contributed by atoms with van der Waals surface area (Å²) in [5, 5.41) is 1.45. The van der Waals surface area contributed by atoms with Crippen molar-refractivity contribution < 1.29 is 13.9 Å². The summed E-state index contributed by atoms with van der Waals surface area (Å²) in [4.78, 5) is 12.5. The molecule has 1 aromatic heterocycles. The van der Waals surface area contributed by atoms with Crippen LogP contribution in [-0.4, -0.2) is 5.78 Å². The minimum atomic E-state index is -0.128. The molecule has 0 unspecified atom stereocenters. The van der Waals surface area contributed by atoms with Gasteiger partial charge in [0.1, 0.15) is 5.58 Å². The Balaban J connectivity index is 1.75. The van der Waals surface area contributed by atoms with Crippen LogP contribution in [0.4, 0.5) is 0 Å². The van der Waals surface area contributed by atoms with Gasteiger partial charge in [0.05, 0.1) is 13.2 Å². The molecule has 1 aliphatic rings. The largest absolute Gasteiger partial charge is 0.453 e. The van der Waals surface area contributed by atoms with Gasteiger partial charge in [-0.2, -0.15) is 0 Å². The Labute approximate surface area is 126 Å². The molecule has 3 aromatic rings. The first-order chi connectivity index (χ1) is 10.2. The molecule has 0 aliphatic carbocycles. The molecule has 0 bridgehead atoms. The van der Waals surface area contributed by atoms with E-state index in [1.54, 1.807) is 24.3 Å². The maximum absolute atomic E-state index is 12.5. The van der Waals surface area contributed by atoms with E-state index in [2.05, 4.69) is 0 Å². The standard InChI is InChI=1S/C17H11ClO3/c18-14-3-4-15-12(6-14)7-16(21-15)17(19)10-1-2-11-8-20-9-13(11)5-10/h1-7H,8-9H2. The SMILES string of the molecule is O=C(c1ccc2c(c1)COC2)c1cc2cc(Cl)ccc2o1. The van der Waals surface area contributed by atoms with Crippen molar-refractivity contribution in [2.24, 2.45) is 0 Å². The highest BCUT2D eigenvalue weighted by Gasteiger charge is 2.18. The van der Waals surface area contributed by atoms with Crippen molar-refractivity contribution in [2.75, 3.05) is 0 Å². The fourth-order valence-corrected chi connectivity index (χ4v) is 2.76. The summed E-state index contributed by atoms with van der Waals surface area (Å²) in [6.45, 7) is 1.18. The molecule has 21 heavy (non-hydrogen) atoms. The van der Waals surface area contributed by atoms with Crippen molar-refractivity contribution in [3.63, 3.8) is 0 Å². The van der Waals surface area contributed by atoms with Gasteiger partial charge in [-0.1, -0.05) is 23.7 Å². The summed E-state index contributed by atoms with van der Waals surface area (Å²) >= 11 is 5.95. The maximum atomic E-state index is 12.5. The van der Waals surface area contributed by atoms with Crippen LogP contribution >= 0.6 is 11.6 Å². The summed E-state index contributed by atoms with van der Waals surface area (Å²) in [7, 11) is 0. The fourth-order valence-electron chi connectivity index (χ4n) is 2.58. The van der Waals surface area contributed by atoms with E-state index in [1.165, 1.54) is 0 Å². The third-order valence-corrected chi connectivity index (χ3v) is 3.92. The van der Waals surface area contributed by atoms with Crippen LogP contribution in [0.2, 0.25) is 5.02 Å². The van der Waals surface area contributed by atoms with Gasteiger partial charge in [0.2, 0.25) is 5.78 Å². The van der Waals surface area contributed by atoms with Crippen LogP contribution in [0.25, 0.3) is 11.0 Å². The lowest BCUT2D eigenvalue weighted by Gasteiger charge is -2.01. The highest BCUT2D eigenvalue weighted by molar-refractivity contribution is 6.31. The molecule has 0 atom stereocenters. The van der Waals surface area contributed by atoms with E-state index in [-0.39, 0.29) is 5.78 Å². The first kappa shape index (κ1) is 12.6. The first-order valence-electron chi connectivity index (χ1n) is 6.64. The Morgan fingerprint density at radius 3 is 2.76 bits per heavy atom. The van der Waals surface area contributed by atoms with Crippen molar-refractivity contribution in [3.8, 4) is 0 Å². The van der Waals surface area contributed by atoms with Crippen molar-refractivity contribution in [2.45, 2.75) is 13.2 Å². The minimum absolute atomic E-state index is 0.128. The molecule has 0 radical (unpaired) electrons. The number of hydrogen-bond donors (Lipinski definition) is 0. The molecule has 2 heterocycles. The second-order valence-electron chi connectivity index (χ2n) is 5.10. The summed E-state index contributed by atoms with van der Waals surface area (Å²) in [5.41, 5.74) is 3.49. The molecule has 2 aromatic carbocycles. The van der Waals surface area contributed by atoms with Crippen LogP contribution in [0.5, 0.6) is 0 Å². The summed E-state index contributed by atoms with van der Waals surface area (Å²) in [6.07, 6.45) is 0. The Hall–Kier alpha value is -2.10. The molecule has 0 fully saturated rings. The van der Waals surface area contributed by atoms with Gasteiger partial charge in [0, 0.05) is 16.0 Å². The minimum Gasteiger partial charge on any atom is -0.453 e. The molecule has 0 saturated carbocycles. The predicted molar refractivity (Wildman–Crippen MR) is 79.6 cm³/mol. The van der Waals surface area contributed by atoms with Gasteiger partial charge in [-0.25, -0.2) is 0 Å². The Kier molecular flexibility index (Phi) is 2.84. The predicted octanol–water partition coefficient (Wildman–Crippen LogP) is 4.35. The van der Waals surface area contributed by atoms with Crippen LogP contribution in [0.15, 0.2) is 46.9 Å². The highest BCUT2D eigenvalue weighted by Crippen LogP contribution is 2.26. The van der Waals surface area contributed by atoms with Crippen LogP contribution in [0.1, 0.15) is 27.2 Å². The van der Waals surface area contributed by atoms with Gasteiger partial charge in [0.25, 0.3) is 0 Å². The van der Waals surface area contributed by atoms with Gasteiger partial charge in [-0.05, 0) is 41.5 Å². The van der Waals surface area contributed by atoms with Crippen LogP contribution in [0.3, 0.4) is 0 Å². The van der Waals surface area contributed by atoms with Gasteiger partial charge in [0.15, 0.2) is 5.76 Å². The Morgan fingerprint density at radius 2 is 1.86 bits per heavy atom. The molecule has 0 N–H and O–H groups in total. The summed E-state index contributed by atoms with van der Waals surface area (Å²) in [5.74, 6) is 0.197. The third-order valence-electron chi connectivity index (χ3n) is 3.69. The average molecular weight is 299 g/mol. The Morgan fingerprint density at radius 1 is 1.00 bits per heavy atom. The van der Waals surface area contributed by atoms with Crippen LogP contribution in [0, 0.1) is 0 Å². The van der Waals surface area contributed by atoms with Gasteiger partial charge >= 0.3 is 0 Å². The number of ketones is 1. The average Bonchev–Trinajstić information content (AvgIpc) is 3.11. The van der Waals surface area contributed by atoms with E-state index in [9.17, 15) is 4.79 Å². The second-order valence-corrected chi connectivity index (χ2v) is 5.53. The molecule has 104 valence electrons. The number of rotatable bonds is 2. The molecule has 4 heteroatoms. The quantitative estimate of drug-likeness (QED) is 0.660. The smallest absolute Gasteiger partial charge is 0.228 e. The Bertz CT molecular complexity index is 864. The molecule has 0 spiro atoms. The van der Waals surface area contributed by atoms with Gasteiger partial charge in [-0.3, -0.25) is 4.79 Å². The fraction of sp³-hybridized carbons (Fsp3) is 0.118. The number of carbonyl (C=O) groups excluding carboxylic acids is 1. The second kappa shape index (κ2) is 4.72. The number of ether oxygens (including phenoxy) is 1. The molecule has 0 amide bonds. The number of benzene rings is 2. The van der Waals surface area contributed by atoms with E-state index < -0.39 is 0 Å². The lowest BCUT2D eigenvalue weighted by molar-refractivity contribution is 0.101. The monoisotopic (exact) mass is 298 g/mol. The number of carbonyl (C=O) groups is 1. The highest BCUT2D eigenvalue weighted by atomic mass is 35.5. The molecular formula is C17H11ClO3. The number of hydrogen-bond acceptors (Lipinski definition) is 3. The molecular weight excluding hydrogens is 288 g/mol. The summed E-state index contributed by atoms with van der Waals surface area (Å²) < 4.78 is 11.0. The first-order valence-corrected chi connectivity index (χ1v) is 7.02. The van der Waals surface area contributed by atoms with E-state index in [1.807, 2.05) is 18.2 Å². The van der Waals surface area contributed by atoms with Crippen molar-refractivity contribution in [1.29, 1.82) is 0 Å². The topological polar surface area (TPSA) is 39.4 Å². The van der Waals surface area contributed by atoms with Crippen LogP contribution < -0.4 is 0 Å². The van der Waals surface area contributed by atoms with Crippen molar-refractivity contribution >= 4 is 28.4 Å². The normalized spacial score (nSPS) is 13.6. The zero-order valence-electron chi connectivity index (χ0n) is 11.1. The molecule has 3 nitrogen and oxygen atoms in total. The molecule has 1 aliphatic heterocycles. The maximum Gasteiger partial charge on any atom is 0.228 e. The van der Waals surface area contributed by atoms with Gasteiger partial charge in [-0.15, -0.1) is 0 Å². The molecule has 4 rings (SSSR count). The number of furan rings is 1. The van der Waals surface area contributed by atoms with E-state index in [0.717, 1.165) is 16.5 Å². The van der Waals surface area contributed by atoms with E-state index >= 15 is 0 Å². The third kappa shape index (κ3) is 2.15. The number of halogens is 1. The zero-order chi connectivity index (χ0) is 14.4.